The van der Waals surface area contributed by atoms with Gasteiger partial charge in [-0.05, 0) is 37.8 Å². The smallest absolute Gasteiger partial charge is 0.191 e. The predicted molar refractivity (Wildman–Crippen MR) is 87.4 cm³/mol. The van der Waals surface area contributed by atoms with Gasteiger partial charge in [0.05, 0.1) is 24.9 Å². The van der Waals surface area contributed by atoms with Gasteiger partial charge in [-0.25, -0.2) is 0 Å². The van der Waals surface area contributed by atoms with Crippen LogP contribution >= 0.6 is 0 Å². The molecule has 0 amide bonds. The topological polar surface area (TPSA) is 54.9 Å². The molecule has 2 aliphatic rings. The van der Waals surface area contributed by atoms with Gasteiger partial charge >= 0.3 is 0 Å². The summed E-state index contributed by atoms with van der Waals surface area (Å²) < 4.78 is 11.5. The van der Waals surface area contributed by atoms with Crippen molar-refractivity contribution in [2.24, 2.45) is 4.99 Å². The molecule has 1 aromatic carbocycles. The van der Waals surface area contributed by atoms with Crippen molar-refractivity contribution in [2.75, 3.05) is 20.2 Å². The quantitative estimate of drug-likeness (QED) is 0.479. The molecule has 2 heterocycles. The lowest BCUT2D eigenvalue weighted by molar-refractivity contribution is 0.0992. The van der Waals surface area contributed by atoms with Gasteiger partial charge in [0.2, 0.25) is 0 Å². The highest BCUT2D eigenvalue weighted by Crippen LogP contribution is 2.34. The van der Waals surface area contributed by atoms with Gasteiger partial charge in [-0.3, -0.25) is 4.99 Å². The zero-order chi connectivity index (χ0) is 15.2. The molecule has 0 aromatic heterocycles. The van der Waals surface area contributed by atoms with Crippen LogP contribution in [0.4, 0.5) is 0 Å². The normalized spacial score (nSPS) is 27.0. The Morgan fingerprint density at radius 2 is 2.18 bits per heavy atom. The number of hydrogen-bond acceptors (Lipinski definition) is 3. The molecule has 0 aliphatic carbocycles. The van der Waals surface area contributed by atoms with Crippen LogP contribution in [0.3, 0.4) is 0 Å². The molecule has 0 spiro atoms. The lowest BCUT2D eigenvalue weighted by Crippen LogP contribution is -2.47. The van der Waals surface area contributed by atoms with Gasteiger partial charge in [-0.2, -0.15) is 0 Å². The van der Waals surface area contributed by atoms with Crippen LogP contribution in [0.25, 0.3) is 0 Å². The Morgan fingerprint density at radius 1 is 1.32 bits per heavy atom. The number of nitrogens with zero attached hydrogens (tertiary/aromatic N) is 1. The van der Waals surface area contributed by atoms with Gasteiger partial charge < -0.3 is 20.1 Å². The third-order valence-electron chi connectivity index (χ3n) is 4.28. The highest BCUT2D eigenvalue weighted by molar-refractivity contribution is 5.80. The van der Waals surface area contributed by atoms with Gasteiger partial charge in [0.15, 0.2) is 5.96 Å². The molecule has 5 nitrogen and oxygen atoms in total. The second kappa shape index (κ2) is 7.49. The zero-order valence-electron chi connectivity index (χ0n) is 13.1. The Hall–Kier alpha value is -1.75. The predicted octanol–water partition coefficient (Wildman–Crippen LogP) is 1.94. The van der Waals surface area contributed by atoms with E-state index in [1.54, 1.807) is 0 Å². The van der Waals surface area contributed by atoms with Gasteiger partial charge in [0.1, 0.15) is 5.75 Å². The first-order valence-corrected chi connectivity index (χ1v) is 8.15. The SMILES string of the molecule is CN=C(NCCCOc1ccccc1)NC1CC2CCC1O2. The van der Waals surface area contributed by atoms with Crippen LogP contribution in [0, 0.1) is 0 Å². The van der Waals surface area contributed by atoms with Crippen molar-refractivity contribution in [1.29, 1.82) is 0 Å². The van der Waals surface area contributed by atoms with E-state index in [1.165, 1.54) is 12.8 Å². The van der Waals surface area contributed by atoms with Crippen molar-refractivity contribution in [1.82, 2.24) is 10.6 Å². The highest BCUT2D eigenvalue weighted by Gasteiger charge is 2.40. The van der Waals surface area contributed by atoms with E-state index in [1.807, 2.05) is 37.4 Å². The van der Waals surface area contributed by atoms with Crippen molar-refractivity contribution in [3.63, 3.8) is 0 Å². The maximum Gasteiger partial charge on any atom is 0.191 e. The summed E-state index contributed by atoms with van der Waals surface area (Å²) >= 11 is 0. The van der Waals surface area contributed by atoms with Gasteiger partial charge in [-0.1, -0.05) is 18.2 Å². The van der Waals surface area contributed by atoms with E-state index in [0.29, 0.717) is 24.9 Å². The minimum absolute atomic E-state index is 0.366. The minimum Gasteiger partial charge on any atom is -0.494 e. The van der Waals surface area contributed by atoms with Crippen LogP contribution in [0.2, 0.25) is 0 Å². The first kappa shape index (κ1) is 15.2. The van der Waals surface area contributed by atoms with Crippen LogP contribution in [0.5, 0.6) is 5.75 Å². The fourth-order valence-electron chi connectivity index (χ4n) is 3.15. The van der Waals surface area contributed by atoms with Crippen molar-refractivity contribution in [3.05, 3.63) is 30.3 Å². The number of fused-ring (bicyclic) bond motifs is 2. The second-order valence-corrected chi connectivity index (χ2v) is 5.87. The number of ether oxygens (including phenoxy) is 2. The van der Waals surface area contributed by atoms with E-state index in [9.17, 15) is 0 Å². The van der Waals surface area contributed by atoms with E-state index in [2.05, 4.69) is 15.6 Å². The fourth-order valence-corrected chi connectivity index (χ4v) is 3.15. The summed E-state index contributed by atoms with van der Waals surface area (Å²) in [6, 6.07) is 10.3. The maximum absolute atomic E-state index is 5.86. The standard InChI is InChI=1S/C17H25N3O2/c1-18-17(20-15-12-14-8-9-16(15)22-14)19-10-5-11-21-13-6-3-2-4-7-13/h2-4,6-7,14-16H,5,8-12H2,1H3,(H2,18,19,20). The van der Waals surface area contributed by atoms with Crippen molar-refractivity contribution >= 4 is 5.96 Å². The summed E-state index contributed by atoms with van der Waals surface area (Å²) in [5.41, 5.74) is 0. The summed E-state index contributed by atoms with van der Waals surface area (Å²) in [4.78, 5) is 4.29. The Kier molecular flexibility index (Phi) is 5.16. The molecule has 0 radical (unpaired) electrons. The van der Waals surface area contributed by atoms with Gasteiger partial charge in [0.25, 0.3) is 0 Å². The van der Waals surface area contributed by atoms with Crippen molar-refractivity contribution < 1.29 is 9.47 Å². The number of para-hydroxylation sites is 1. The molecule has 2 bridgehead atoms. The summed E-state index contributed by atoms with van der Waals surface area (Å²) in [6.07, 6.45) is 5.24. The Labute approximate surface area is 132 Å². The summed E-state index contributed by atoms with van der Waals surface area (Å²) in [7, 11) is 1.81. The zero-order valence-corrected chi connectivity index (χ0v) is 13.1. The molecule has 2 fully saturated rings. The number of hydrogen-bond donors (Lipinski definition) is 2. The van der Waals surface area contributed by atoms with E-state index < -0.39 is 0 Å². The number of guanidine groups is 1. The van der Waals surface area contributed by atoms with Crippen LogP contribution in [-0.4, -0.2) is 44.4 Å². The molecule has 0 saturated carbocycles. The van der Waals surface area contributed by atoms with Gasteiger partial charge in [0, 0.05) is 13.6 Å². The lowest BCUT2D eigenvalue weighted by atomic mass is 9.96. The largest absolute Gasteiger partial charge is 0.494 e. The summed E-state index contributed by atoms with van der Waals surface area (Å²) in [6.45, 7) is 1.54. The Morgan fingerprint density at radius 3 is 2.86 bits per heavy atom. The molecule has 3 unspecified atom stereocenters. The molecule has 120 valence electrons. The summed E-state index contributed by atoms with van der Waals surface area (Å²) in [5.74, 6) is 1.78. The molecule has 5 heteroatoms. The molecule has 3 atom stereocenters. The van der Waals surface area contributed by atoms with E-state index in [-0.39, 0.29) is 0 Å². The van der Waals surface area contributed by atoms with E-state index in [0.717, 1.165) is 31.1 Å². The number of rotatable bonds is 6. The molecule has 2 saturated heterocycles. The minimum atomic E-state index is 0.366. The molecule has 1 aromatic rings. The van der Waals surface area contributed by atoms with Crippen LogP contribution < -0.4 is 15.4 Å². The van der Waals surface area contributed by atoms with Gasteiger partial charge in [-0.15, -0.1) is 0 Å². The molecule has 3 rings (SSSR count). The maximum atomic E-state index is 5.86. The van der Waals surface area contributed by atoms with Crippen molar-refractivity contribution in [2.45, 2.75) is 43.9 Å². The molecular formula is C17H25N3O2. The lowest BCUT2D eigenvalue weighted by Gasteiger charge is -2.22. The average Bonchev–Trinajstić information content (AvgIpc) is 3.17. The number of benzene rings is 1. The summed E-state index contributed by atoms with van der Waals surface area (Å²) in [5, 5.41) is 6.82. The molecule has 2 N–H and O–H groups in total. The first-order chi connectivity index (χ1) is 10.8. The van der Waals surface area contributed by atoms with Crippen molar-refractivity contribution in [3.8, 4) is 5.75 Å². The third-order valence-corrected chi connectivity index (χ3v) is 4.28. The number of nitrogens with one attached hydrogen (secondary N) is 2. The Bertz CT molecular complexity index is 492. The Balaban J connectivity index is 1.32. The van der Waals surface area contributed by atoms with Crippen LogP contribution in [0.1, 0.15) is 25.7 Å². The molecule has 22 heavy (non-hydrogen) atoms. The average molecular weight is 303 g/mol. The molecule has 2 aliphatic heterocycles. The highest BCUT2D eigenvalue weighted by atomic mass is 16.5. The van der Waals surface area contributed by atoms with Crippen LogP contribution in [0.15, 0.2) is 35.3 Å². The monoisotopic (exact) mass is 303 g/mol. The van der Waals surface area contributed by atoms with E-state index in [4.69, 9.17) is 9.47 Å². The fraction of sp³-hybridized carbons (Fsp3) is 0.588. The third kappa shape index (κ3) is 3.91. The number of aliphatic imine (C=N–C) groups is 1. The van der Waals surface area contributed by atoms with Crippen LogP contribution in [-0.2, 0) is 4.74 Å². The first-order valence-electron chi connectivity index (χ1n) is 8.15. The molecular weight excluding hydrogens is 278 g/mol. The van der Waals surface area contributed by atoms with E-state index >= 15 is 0 Å². The second-order valence-electron chi connectivity index (χ2n) is 5.87.